The van der Waals surface area contributed by atoms with Crippen molar-refractivity contribution in [1.82, 2.24) is 4.98 Å². The number of ether oxygens (including phenoxy) is 1. The first-order valence-corrected chi connectivity index (χ1v) is 5.21. The van der Waals surface area contributed by atoms with Crippen LogP contribution in [-0.4, -0.2) is 9.91 Å². The van der Waals surface area contributed by atoms with Gasteiger partial charge in [-0.15, -0.1) is 0 Å². The van der Waals surface area contributed by atoms with Gasteiger partial charge in [0.25, 0.3) is 0 Å². The molecule has 2 N–H and O–H groups in total. The molecule has 2 rings (SSSR count). The molecule has 0 saturated heterocycles. The Morgan fingerprint density at radius 3 is 2.72 bits per heavy atom. The van der Waals surface area contributed by atoms with Crippen LogP contribution in [0.3, 0.4) is 0 Å². The van der Waals surface area contributed by atoms with Crippen LogP contribution in [0.25, 0.3) is 0 Å². The highest BCUT2D eigenvalue weighted by Crippen LogP contribution is 2.33. The summed E-state index contributed by atoms with van der Waals surface area (Å²) in [7, 11) is 0. The molecule has 0 spiro atoms. The Bertz CT molecular complexity index is 582. The van der Waals surface area contributed by atoms with Crippen molar-refractivity contribution in [1.29, 1.82) is 0 Å². The smallest absolute Gasteiger partial charge is 0.311 e. The van der Waals surface area contributed by atoms with Crippen molar-refractivity contribution in [2.24, 2.45) is 0 Å². The second kappa shape index (κ2) is 4.70. The molecule has 92 valence electrons. The molecule has 6 nitrogen and oxygen atoms in total. The minimum atomic E-state index is -0.486. The van der Waals surface area contributed by atoms with Gasteiger partial charge in [-0.1, -0.05) is 12.1 Å². The number of nitro benzene ring substituents is 1. The lowest BCUT2D eigenvalue weighted by Gasteiger charge is -2.07. The molecule has 0 aliphatic carbocycles. The van der Waals surface area contributed by atoms with Crippen LogP contribution in [-0.2, 0) is 0 Å². The monoisotopic (exact) mass is 245 g/mol. The summed E-state index contributed by atoms with van der Waals surface area (Å²) in [6, 6.07) is 7.91. The third kappa shape index (κ3) is 2.37. The molecular formula is C12H11N3O3. The standard InChI is InChI=1S/C12H11N3O3/c1-8-3-2-4-10(15(16)17)12(8)18-11-6-5-9(13)7-14-11/h2-7H,13H2,1H3. The molecule has 1 heterocycles. The van der Waals surface area contributed by atoms with Gasteiger partial charge in [0.1, 0.15) is 0 Å². The molecule has 0 saturated carbocycles. The molecule has 1 aromatic heterocycles. The highest BCUT2D eigenvalue weighted by atomic mass is 16.6. The number of aryl methyl sites for hydroxylation is 1. The zero-order valence-corrected chi connectivity index (χ0v) is 9.66. The maximum atomic E-state index is 10.9. The van der Waals surface area contributed by atoms with Gasteiger partial charge >= 0.3 is 5.69 Å². The van der Waals surface area contributed by atoms with Crippen molar-refractivity contribution < 1.29 is 9.66 Å². The maximum absolute atomic E-state index is 10.9. The lowest BCUT2D eigenvalue weighted by molar-refractivity contribution is -0.385. The highest BCUT2D eigenvalue weighted by Gasteiger charge is 2.17. The van der Waals surface area contributed by atoms with E-state index in [1.165, 1.54) is 12.3 Å². The van der Waals surface area contributed by atoms with E-state index in [1.54, 1.807) is 31.2 Å². The van der Waals surface area contributed by atoms with Crippen molar-refractivity contribution in [2.45, 2.75) is 6.92 Å². The number of nitro groups is 1. The molecule has 0 aliphatic rings. The van der Waals surface area contributed by atoms with Gasteiger partial charge < -0.3 is 10.5 Å². The van der Waals surface area contributed by atoms with Crippen LogP contribution in [0, 0.1) is 17.0 Å². The normalized spacial score (nSPS) is 10.1. The lowest BCUT2D eigenvalue weighted by Crippen LogP contribution is -1.97. The van der Waals surface area contributed by atoms with Crippen LogP contribution >= 0.6 is 0 Å². The number of aromatic nitrogens is 1. The number of benzene rings is 1. The third-order valence-electron chi connectivity index (χ3n) is 2.35. The fourth-order valence-corrected chi connectivity index (χ4v) is 1.47. The van der Waals surface area contributed by atoms with E-state index in [0.717, 1.165) is 0 Å². The Labute approximate surface area is 103 Å². The zero-order chi connectivity index (χ0) is 13.1. The highest BCUT2D eigenvalue weighted by molar-refractivity contribution is 5.52. The van der Waals surface area contributed by atoms with Crippen LogP contribution in [0.4, 0.5) is 11.4 Å². The van der Waals surface area contributed by atoms with E-state index in [-0.39, 0.29) is 17.3 Å². The molecule has 0 aliphatic heterocycles. The predicted octanol–water partition coefficient (Wildman–Crippen LogP) is 2.67. The van der Waals surface area contributed by atoms with Crippen LogP contribution in [0.2, 0.25) is 0 Å². The maximum Gasteiger partial charge on any atom is 0.311 e. The molecule has 18 heavy (non-hydrogen) atoms. The van der Waals surface area contributed by atoms with Crippen molar-refractivity contribution >= 4 is 11.4 Å². The SMILES string of the molecule is Cc1cccc([N+](=O)[O-])c1Oc1ccc(N)cn1. The molecule has 0 fully saturated rings. The minimum absolute atomic E-state index is 0.0892. The summed E-state index contributed by atoms with van der Waals surface area (Å²) in [5.74, 6) is 0.460. The molecule has 0 amide bonds. The molecule has 2 aromatic rings. The van der Waals surface area contributed by atoms with Gasteiger partial charge in [-0.3, -0.25) is 10.1 Å². The van der Waals surface area contributed by atoms with Gasteiger partial charge in [0.15, 0.2) is 0 Å². The summed E-state index contributed by atoms with van der Waals surface area (Å²) >= 11 is 0. The Morgan fingerprint density at radius 1 is 1.33 bits per heavy atom. The number of nitrogen functional groups attached to an aromatic ring is 1. The van der Waals surface area contributed by atoms with Crippen molar-refractivity contribution in [2.75, 3.05) is 5.73 Å². The summed E-state index contributed by atoms with van der Waals surface area (Å²) in [6.45, 7) is 1.74. The number of para-hydroxylation sites is 1. The first-order valence-electron chi connectivity index (χ1n) is 5.21. The Balaban J connectivity index is 2.39. The molecule has 0 bridgehead atoms. The Kier molecular flexibility index (Phi) is 3.09. The van der Waals surface area contributed by atoms with E-state index >= 15 is 0 Å². The predicted molar refractivity (Wildman–Crippen MR) is 66.6 cm³/mol. The van der Waals surface area contributed by atoms with Gasteiger partial charge in [-0.05, 0) is 18.6 Å². The van der Waals surface area contributed by atoms with Gasteiger partial charge in [-0.25, -0.2) is 4.98 Å². The van der Waals surface area contributed by atoms with Gasteiger partial charge in [-0.2, -0.15) is 0 Å². The van der Waals surface area contributed by atoms with Crippen LogP contribution in [0.15, 0.2) is 36.5 Å². The Morgan fingerprint density at radius 2 is 2.11 bits per heavy atom. The number of hydrogen-bond acceptors (Lipinski definition) is 5. The van der Waals surface area contributed by atoms with Gasteiger partial charge in [0.2, 0.25) is 11.6 Å². The summed E-state index contributed by atoms with van der Waals surface area (Å²) in [5, 5.41) is 10.9. The van der Waals surface area contributed by atoms with E-state index in [9.17, 15) is 10.1 Å². The van der Waals surface area contributed by atoms with Gasteiger partial charge in [0, 0.05) is 12.1 Å². The molecule has 6 heteroatoms. The summed E-state index contributed by atoms with van der Waals surface area (Å²) < 4.78 is 5.45. The second-order valence-electron chi connectivity index (χ2n) is 3.71. The van der Waals surface area contributed by atoms with Crippen LogP contribution in [0.1, 0.15) is 5.56 Å². The van der Waals surface area contributed by atoms with E-state index < -0.39 is 4.92 Å². The molecular weight excluding hydrogens is 234 g/mol. The second-order valence-corrected chi connectivity index (χ2v) is 3.71. The molecule has 0 atom stereocenters. The average molecular weight is 245 g/mol. The molecule has 0 unspecified atom stereocenters. The first-order chi connectivity index (χ1) is 8.58. The largest absolute Gasteiger partial charge is 0.432 e. The summed E-state index contributed by atoms with van der Waals surface area (Å²) in [4.78, 5) is 14.4. The van der Waals surface area contributed by atoms with Crippen LogP contribution in [0.5, 0.6) is 11.6 Å². The van der Waals surface area contributed by atoms with Crippen LogP contribution < -0.4 is 10.5 Å². The fraction of sp³-hybridized carbons (Fsp3) is 0.0833. The number of rotatable bonds is 3. The lowest BCUT2D eigenvalue weighted by atomic mass is 10.2. The van der Waals surface area contributed by atoms with Crippen molar-refractivity contribution in [3.05, 3.63) is 52.2 Å². The minimum Gasteiger partial charge on any atom is -0.432 e. The van der Waals surface area contributed by atoms with Crippen molar-refractivity contribution in [3.63, 3.8) is 0 Å². The van der Waals surface area contributed by atoms with Gasteiger partial charge in [0.05, 0.1) is 16.8 Å². The van der Waals surface area contributed by atoms with Crippen molar-refractivity contribution in [3.8, 4) is 11.6 Å². The van der Waals surface area contributed by atoms with E-state index in [1.807, 2.05) is 0 Å². The quantitative estimate of drug-likeness (QED) is 0.663. The Hall–Kier alpha value is -2.63. The summed E-state index contributed by atoms with van der Waals surface area (Å²) in [5.41, 5.74) is 6.58. The van der Waals surface area contributed by atoms with E-state index in [4.69, 9.17) is 10.5 Å². The number of nitrogens with two attached hydrogens (primary N) is 1. The van der Waals surface area contributed by atoms with E-state index in [0.29, 0.717) is 11.3 Å². The third-order valence-corrected chi connectivity index (χ3v) is 2.35. The fourth-order valence-electron chi connectivity index (χ4n) is 1.47. The first kappa shape index (κ1) is 11.8. The zero-order valence-electron chi connectivity index (χ0n) is 9.66. The summed E-state index contributed by atoms with van der Waals surface area (Å²) in [6.07, 6.45) is 1.43. The molecule has 0 radical (unpaired) electrons. The topological polar surface area (TPSA) is 91.3 Å². The number of pyridine rings is 1. The number of nitrogens with zero attached hydrogens (tertiary/aromatic N) is 2. The molecule has 1 aromatic carbocycles. The average Bonchev–Trinajstić information content (AvgIpc) is 2.34. The number of anilines is 1. The van der Waals surface area contributed by atoms with E-state index in [2.05, 4.69) is 4.98 Å². The number of hydrogen-bond donors (Lipinski definition) is 1.